The summed E-state index contributed by atoms with van der Waals surface area (Å²) in [7, 11) is 0. The van der Waals surface area contributed by atoms with Crippen molar-refractivity contribution < 1.29 is 14.3 Å². The van der Waals surface area contributed by atoms with Crippen LogP contribution in [0.3, 0.4) is 0 Å². The Labute approximate surface area is 200 Å². The molecule has 5 nitrogen and oxygen atoms in total. The van der Waals surface area contributed by atoms with Gasteiger partial charge in [-0.3, -0.25) is 4.90 Å². The van der Waals surface area contributed by atoms with E-state index in [-0.39, 0.29) is 24.3 Å². The highest BCUT2D eigenvalue weighted by atomic mass is 35.5. The maximum Gasteiger partial charge on any atom is 0.407 e. The van der Waals surface area contributed by atoms with Crippen LogP contribution in [0.4, 0.5) is 4.79 Å². The predicted molar refractivity (Wildman–Crippen MR) is 128 cm³/mol. The molecule has 1 amide bonds. The molecule has 1 N–H and O–H groups in total. The van der Waals surface area contributed by atoms with Crippen molar-refractivity contribution in [1.29, 1.82) is 0 Å². The number of piperidine rings is 1. The van der Waals surface area contributed by atoms with Crippen LogP contribution in [0.15, 0.2) is 42.5 Å². The molecule has 0 saturated carbocycles. The van der Waals surface area contributed by atoms with E-state index >= 15 is 0 Å². The fourth-order valence-electron chi connectivity index (χ4n) is 4.62. The van der Waals surface area contributed by atoms with Crippen LogP contribution in [0.5, 0.6) is 5.75 Å². The van der Waals surface area contributed by atoms with Crippen LogP contribution >= 0.6 is 23.2 Å². The second kappa shape index (κ2) is 9.50. The normalized spacial score (nSPS) is 23.5. The molecular weight excluding hydrogens is 447 g/mol. The molecule has 32 heavy (non-hydrogen) atoms. The third kappa shape index (κ3) is 5.51. The predicted octanol–water partition coefficient (Wildman–Crippen LogP) is 6.03. The van der Waals surface area contributed by atoms with Gasteiger partial charge in [0.15, 0.2) is 0 Å². The number of nitrogens with one attached hydrogen (secondary N) is 1. The van der Waals surface area contributed by atoms with Crippen molar-refractivity contribution in [3.05, 3.63) is 63.6 Å². The number of rotatable bonds is 4. The zero-order chi connectivity index (χ0) is 22.9. The molecule has 0 bridgehead atoms. The molecule has 1 heterocycles. The van der Waals surface area contributed by atoms with Gasteiger partial charge in [-0.05, 0) is 76.4 Å². The number of carbonyl (C=O) groups is 1. The number of halogens is 2. The second-order valence-corrected chi connectivity index (χ2v) is 10.4. The first-order valence-electron chi connectivity index (χ1n) is 11.1. The molecule has 2 aromatic rings. The minimum absolute atomic E-state index is 0.0266. The Hall–Kier alpha value is -1.95. The first-order valence-corrected chi connectivity index (χ1v) is 11.9. The van der Waals surface area contributed by atoms with Crippen LogP contribution in [0, 0.1) is 0 Å². The highest BCUT2D eigenvalue weighted by Gasteiger charge is 2.41. The van der Waals surface area contributed by atoms with E-state index in [9.17, 15) is 4.79 Å². The Morgan fingerprint density at radius 2 is 1.91 bits per heavy atom. The Balaban J connectivity index is 1.54. The standard InChI is InChI=1S/C25H30Cl2N2O3/c1-25(2,3)32-24(30)28-17-8-7-11-29(15-17)22-14-19-20(12-16(26)13-21(19)27)23(22)31-18-9-5-4-6-10-18/h4-6,9-10,12-13,17,22-23H,7-8,11,14-15H2,1-3H3,(H,28,30)/t17-,22+,23+/m1/s1. The Kier molecular flexibility index (Phi) is 6.89. The minimum Gasteiger partial charge on any atom is -0.484 e. The Bertz CT molecular complexity index is 962. The fraction of sp³-hybridized carbons (Fsp3) is 0.480. The molecule has 1 saturated heterocycles. The molecule has 1 aliphatic carbocycles. The van der Waals surface area contributed by atoms with E-state index in [4.69, 9.17) is 32.7 Å². The zero-order valence-electron chi connectivity index (χ0n) is 18.7. The highest BCUT2D eigenvalue weighted by Crippen LogP contribution is 2.43. The molecule has 2 aliphatic rings. The van der Waals surface area contributed by atoms with Crippen LogP contribution in [-0.4, -0.2) is 41.8 Å². The smallest absolute Gasteiger partial charge is 0.407 e. The van der Waals surface area contributed by atoms with Gasteiger partial charge in [-0.2, -0.15) is 0 Å². The number of para-hydroxylation sites is 1. The van der Waals surface area contributed by atoms with Crippen LogP contribution in [-0.2, 0) is 11.2 Å². The molecule has 7 heteroatoms. The maximum atomic E-state index is 12.3. The number of amides is 1. The molecule has 4 rings (SSSR count). The second-order valence-electron chi connectivity index (χ2n) is 9.56. The maximum absolute atomic E-state index is 12.3. The molecule has 0 unspecified atom stereocenters. The number of fused-ring (bicyclic) bond motifs is 1. The fourth-order valence-corrected chi connectivity index (χ4v) is 5.21. The van der Waals surface area contributed by atoms with E-state index in [2.05, 4.69) is 10.2 Å². The number of nitrogens with zero attached hydrogens (tertiary/aromatic N) is 1. The molecule has 1 fully saturated rings. The van der Waals surface area contributed by atoms with Crippen molar-refractivity contribution in [3.8, 4) is 5.75 Å². The molecule has 172 valence electrons. The summed E-state index contributed by atoms with van der Waals surface area (Å²) in [6, 6.07) is 13.7. The first kappa shape index (κ1) is 23.2. The van der Waals surface area contributed by atoms with E-state index in [0.717, 1.165) is 49.2 Å². The van der Waals surface area contributed by atoms with Gasteiger partial charge >= 0.3 is 6.09 Å². The van der Waals surface area contributed by atoms with Crippen molar-refractivity contribution in [3.63, 3.8) is 0 Å². The monoisotopic (exact) mass is 476 g/mol. The van der Waals surface area contributed by atoms with E-state index in [1.54, 1.807) is 6.07 Å². The summed E-state index contributed by atoms with van der Waals surface area (Å²) in [5.74, 6) is 0.812. The van der Waals surface area contributed by atoms with Crippen molar-refractivity contribution in [2.45, 2.75) is 63.8 Å². The van der Waals surface area contributed by atoms with Gasteiger partial charge in [0, 0.05) is 28.2 Å². The number of benzene rings is 2. The summed E-state index contributed by atoms with van der Waals surface area (Å²) in [5, 5.41) is 4.33. The molecular formula is C25H30Cl2N2O3. The summed E-state index contributed by atoms with van der Waals surface area (Å²) in [6.07, 6.45) is 2.13. The highest BCUT2D eigenvalue weighted by molar-refractivity contribution is 6.35. The molecule has 1 aliphatic heterocycles. The average Bonchev–Trinajstić information content (AvgIpc) is 3.06. The van der Waals surface area contributed by atoms with Gasteiger partial charge in [0.1, 0.15) is 17.5 Å². The van der Waals surface area contributed by atoms with Crippen molar-refractivity contribution >= 4 is 29.3 Å². The van der Waals surface area contributed by atoms with E-state index in [1.807, 2.05) is 57.2 Å². The Morgan fingerprint density at radius 1 is 1.16 bits per heavy atom. The lowest BCUT2D eigenvalue weighted by Crippen LogP contribution is -2.53. The summed E-state index contributed by atoms with van der Waals surface area (Å²) in [5.41, 5.74) is 1.61. The van der Waals surface area contributed by atoms with Crippen LogP contribution in [0.1, 0.15) is 50.8 Å². The van der Waals surface area contributed by atoms with Gasteiger partial charge in [0.05, 0.1) is 6.04 Å². The SMILES string of the molecule is CC(C)(C)OC(=O)N[C@@H]1CCCN([C@H]2Cc3c(Cl)cc(Cl)cc3[C@@H]2Oc2ccccc2)C1. The van der Waals surface area contributed by atoms with Gasteiger partial charge in [-0.25, -0.2) is 4.79 Å². The number of ether oxygens (including phenoxy) is 2. The lowest BCUT2D eigenvalue weighted by molar-refractivity contribution is 0.0362. The molecule has 3 atom stereocenters. The van der Waals surface area contributed by atoms with Gasteiger partial charge in [-0.1, -0.05) is 41.4 Å². The van der Waals surface area contributed by atoms with Crippen molar-refractivity contribution in [1.82, 2.24) is 10.2 Å². The molecule has 0 radical (unpaired) electrons. The number of hydrogen-bond acceptors (Lipinski definition) is 4. The van der Waals surface area contributed by atoms with Crippen LogP contribution < -0.4 is 10.1 Å². The quantitative estimate of drug-likeness (QED) is 0.585. The lowest BCUT2D eigenvalue weighted by atomic mass is 10.0. The Morgan fingerprint density at radius 3 is 2.62 bits per heavy atom. The van der Waals surface area contributed by atoms with Gasteiger partial charge in [-0.15, -0.1) is 0 Å². The summed E-state index contributed by atoms with van der Waals surface area (Å²) < 4.78 is 11.9. The van der Waals surface area contributed by atoms with Gasteiger partial charge in [0.2, 0.25) is 0 Å². The topological polar surface area (TPSA) is 50.8 Å². The van der Waals surface area contributed by atoms with Gasteiger partial charge < -0.3 is 14.8 Å². The average molecular weight is 477 g/mol. The van der Waals surface area contributed by atoms with E-state index in [1.165, 1.54) is 0 Å². The van der Waals surface area contributed by atoms with Crippen LogP contribution in [0.25, 0.3) is 0 Å². The number of likely N-dealkylation sites (tertiary alicyclic amines) is 1. The largest absolute Gasteiger partial charge is 0.484 e. The summed E-state index contributed by atoms with van der Waals surface area (Å²) in [6.45, 7) is 7.28. The third-order valence-corrected chi connectivity index (χ3v) is 6.47. The summed E-state index contributed by atoms with van der Waals surface area (Å²) in [4.78, 5) is 14.7. The number of alkyl carbamates (subject to hydrolysis) is 1. The number of carbonyl (C=O) groups excluding carboxylic acids is 1. The van der Waals surface area contributed by atoms with Gasteiger partial charge in [0.25, 0.3) is 0 Å². The first-order chi connectivity index (χ1) is 15.2. The van der Waals surface area contributed by atoms with E-state index in [0.29, 0.717) is 10.0 Å². The summed E-state index contributed by atoms with van der Waals surface area (Å²) >= 11 is 12.9. The van der Waals surface area contributed by atoms with Crippen molar-refractivity contribution in [2.24, 2.45) is 0 Å². The molecule has 0 aromatic heterocycles. The zero-order valence-corrected chi connectivity index (χ0v) is 20.2. The minimum atomic E-state index is -0.518. The molecule has 0 spiro atoms. The van der Waals surface area contributed by atoms with Crippen LogP contribution in [0.2, 0.25) is 10.0 Å². The molecule has 2 aromatic carbocycles. The number of hydrogen-bond donors (Lipinski definition) is 1. The van der Waals surface area contributed by atoms with E-state index < -0.39 is 5.60 Å². The lowest BCUT2D eigenvalue weighted by Gasteiger charge is -2.39. The van der Waals surface area contributed by atoms with Crippen molar-refractivity contribution in [2.75, 3.05) is 13.1 Å². The third-order valence-electron chi connectivity index (χ3n) is 5.91.